The number of benzene rings is 1. The van der Waals surface area contributed by atoms with Crippen LogP contribution in [0.5, 0.6) is 0 Å². The van der Waals surface area contributed by atoms with Crippen LogP contribution in [0.25, 0.3) is 0 Å². The molecule has 0 saturated heterocycles. The Labute approximate surface area is 130 Å². The lowest BCUT2D eigenvalue weighted by atomic mass is 10.0. The van der Waals surface area contributed by atoms with Gasteiger partial charge in [0.05, 0.1) is 0 Å². The zero-order valence-corrected chi connectivity index (χ0v) is 13.7. The normalized spacial score (nSPS) is 16.4. The summed E-state index contributed by atoms with van der Waals surface area (Å²) in [5, 5.41) is 0. The average Bonchev–Trinajstić information content (AvgIpc) is 2.87. The second-order valence-corrected chi connectivity index (χ2v) is 8.58. The minimum atomic E-state index is -3.34. The van der Waals surface area contributed by atoms with Gasteiger partial charge in [0.15, 0.2) is 0 Å². The Morgan fingerprint density at radius 3 is 2.19 bits per heavy atom. The van der Waals surface area contributed by atoms with Crippen LogP contribution in [0.2, 0.25) is 0 Å². The van der Waals surface area contributed by atoms with E-state index in [4.69, 9.17) is 0 Å². The highest BCUT2D eigenvalue weighted by atomic mass is 32.2. The van der Waals surface area contributed by atoms with E-state index in [2.05, 4.69) is 12.1 Å². The Kier molecular flexibility index (Phi) is 4.15. The molecule has 2 aromatic rings. The topological polar surface area (TPSA) is 37.4 Å². The maximum Gasteiger partial charge on any atom is 0.252 e. The van der Waals surface area contributed by atoms with Gasteiger partial charge >= 0.3 is 0 Å². The van der Waals surface area contributed by atoms with Crippen LogP contribution in [-0.2, 0) is 29.3 Å². The first kappa shape index (κ1) is 14.8. The summed E-state index contributed by atoms with van der Waals surface area (Å²) in [6.45, 7) is 3.18. The molecule has 0 aliphatic carbocycles. The van der Waals surface area contributed by atoms with Gasteiger partial charge in [-0.3, -0.25) is 0 Å². The Morgan fingerprint density at radius 2 is 1.67 bits per heavy atom. The molecule has 1 aromatic carbocycles. The summed E-state index contributed by atoms with van der Waals surface area (Å²) in [7, 11) is -3.34. The van der Waals surface area contributed by atoms with Crippen LogP contribution in [0.4, 0.5) is 0 Å². The molecule has 0 bridgehead atoms. The highest BCUT2D eigenvalue weighted by Crippen LogP contribution is 2.27. The van der Waals surface area contributed by atoms with Gasteiger partial charge in [-0.2, -0.15) is 4.31 Å². The van der Waals surface area contributed by atoms with E-state index < -0.39 is 10.0 Å². The van der Waals surface area contributed by atoms with Crippen LogP contribution in [0.1, 0.15) is 22.9 Å². The van der Waals surface area contributed by atoms with Gasteiger partial charge in [-0.1, -0.05) is 31.2 Å². The fourth-order valence-electron chi connectivity index (χ4n) is 2.70. The molecule has 21 heavy (non-hydrogen) atoms. The number of hydrogen-bond donors (Lipinski definition) is 0. The standard InChI is InChI=1S/C16H19NO2S2/c1-2-15-7-8-16(20-15)21(18,19)17-11-9-13-5-3-4-6-14(13)10-12-17/h3-8H,2,9-12H2,1H3. The number of fused-ring (bicyclic) bond motifs is 1. The molecule has 0 N–H and O–H groups in total. The maximum atomic E-state index is 12.8. The van der Waals surface area contributed by atoms with Crippen LogP contribution in [0, 0.1) is 0 Å². The molecule has 0 amide bonds. The zero-order chi connectivity index (χ0) is 14.9. The minimum absolute atomic E-state index is 0.477. The van der Waals surface area contributed by atoms with Crippen LogP contribution in [0.3, 0.4) is 0 Å². The van der Waals surface area contributed by atoms with Crippen molar-refractivity contribution in [3.63, 3.8) is 0 Å². The Balaban J connectivity index is 1.84. The van der Waals surface area contributed by atoms with Crippen LogP contribution >= 0.6 is 11.3 Å². The third-order valence-electron chi connectivity index (χ3n) is 3.96. The smallest absolute Gasteiger partial charge is 0.206 e. The molecule has 2 heterocycles. The van der Waals surface area contributed by atoms with E-state index in [0.29, 0.717) is 17.3 Å². The molecule has 0 fully saturated rings. The lowest BCUT2D eigenvalue weighted by Crippen LogP contribution is -2.32. The molecule has 0 radical (unpaired) electrons. The molecule has 112 valence electrons. The molecular weight excluding hydrogens is 302 g/mol. The summed E-state index contributed by atoms with van der Waals surface area (Å²) < 4.78 is 27.6. The van der Waals surface area contributed by atoms with Gasteiger partial charge in [-0.05, 0) is 42.5 Å². The van der Waals surface area contributed by atoms with Crippen LogP contribution in [0.15, 0.2) is 40.6 Å². The number of thiophene rings is 1. The summed E-state index contributed by atoms with van der Waals surface area (Å²) >= 11 is 1.39. The maximum absolute atomic E-state index is 12.8. The predicted octanol–water partition coefficient (Wildman–Crippen LogP) is 3.10. The Hall–Kier alpha value is -1.17. The first-order valence-corrected chi connectivity index (χ1v) is 9.52. The summed E-state index contributed by atoms with van der Waals surface area (Å²) in [5.74, 6) is 0. The highest BCUT2D eigenvalue weighted by Gasteiger charge is 2.27. The van der Waals surface area contributed by atoms with E-state index in [-0.39, 0.29) is 0 Å². The number of sulfonamides is 1. The first-order chi connectivity index (χ1) is 10.1. The van der Waals surface area contributed by atoms with Gasteiger partial charge < -0.3 is 0 Å². The van der Waals surface area contributed by atoms with Gasteiger partial charge in [0.1, 0.15) is 4.21 Å². The third-order valence-corrected chi connectivity index (χ3v) is 7.55. The molecule has 0 spiro atoms. The molecule has 3 rings (SSSR count). The van der Waals surface area contributed by atoms with Crippen LogP contribution in [-0.4, -0.2) is 25.8 Å². The zero-order valence-electron chi connectivity index (χ0n) is 12.1. The van der Waals surface area contributed by atoms with E-state index in [1.807, 2.05) is 25.1 Å². The van der Waals surface area contributed by atoms with Crippen molar-refractivity contribution in [2.24, 2.45) is 0 Å². The number of nitrogens with zero attached hydrogens (tertiary/aromatic N) is 1. The molecule has 5 heteroatoms. The van der Waals surface area contributed by atoms with Crippen molar-refractivity contribution in [1.29, 1.82) is 0 Å². The van der Waals surface area contributed by atoms with Crippen molar-refractivity contribution in [2.75, 3.05) is 13.1 Å². The largest absolute Gasteiger partial charge is 0.252 e. The van der Waals surface area contributed by atoms with Crippen LogP contribution < -0.4 is 0 Å². The summed E-state index contributed by atoms with van der Waals surface area (Å²) in [6, 6.07) is 11.9. The third kappa shape index (κ3) is 2.91. The molecule has 1 aromatic heterocycles. The van der Waals surface area contributed by atoms with Crippen molar-refractivity contribution < 1.29 is 8.42 Å². The van der Waals surface area contributed by atoms with Gasteiger partial charge in [-0.15, -0.1) is 11.3 Å². The van der Waals surface area contributed by atoms with Gasteiger partial charge in [-0.25, -0.2) is 8.42 Å². The van der Waals surface area contributed by atoms with Gasteiger partial charge in [0, 0.05) is 18.0 Å². The first-order valence-electron chi connectivity index (χ1n) is 7.27. The van der Waals surface area contributed by atoms with E-state index in [9.17, 15) is 8.42 Å². The average molecular weight is 321 g/mol. The van der Waals surface area contributed by atoms with Crippen molar-refractivity contribution in [2.45, 2.75) is 30.4 Å². The number of rotatable bonds is 3. The molecule has 0 unspecified atom stereocenters. The molecule has 1 aliphatic rings. The monoisotopic (exact) mass is 321 g/mol. The highest BCUT2D eigenvalue weighted by molar-refractivity contribution is 7.91. The SMILES string of the molecule is CCc1ccc(S(=O)(=O)N2CCc3ccccc3CC2)s1. The lowest BCUT2D eigenvalue weighted by molar-refractivity contribution is 0.428. The fraction of sp³-hybridized carbons (Fsp3) is 0.375. The molecular formula is C16H19NO2S2. The van der Waals surface area contributed by atoms with E-state index in [0.717, 1.165) is 24.1 Å². The summed E-state index contributed by atoms with van der Waals surface area (Å²) in [5.41, 5.74) is 2.55. The van der Waals surface area contributed by atoms with Gasteiger partial charge in [0.2, 0.25) is 0 Å². The van der Waals surface area contributed by atoms with Crippen molar-refractivity contribution >= 4 is 21.4 Å². The predicted molar refractivity (Wildman–Crippen MR) is 86.3 cm³/mol. The van der Waals surface area contributed by atoms with E-state index >= 15 is 0 Å². The molecule has 0 atom stereocenters. The quantitative estimate of drug-likeness (QED) is 0.871. The number of hydrogen-bond acceptors (Lipinski definition) is 3. The minimum Gasteiger partial charge on any atom is -0.206 e. The van der Waals surface area contributed by atoms with E-state index in [1.54, 1.807) is 10.4 Å². The second kappa shape index (κ2) is 5.91. The van der Waals surface area contributed by atoms with Crippen molar-refractivity contribution in [3.05, 3.63) is 52.4 Å². The van der Waals surface area contributed by atoms with Crippen molar-refractivity contribution in [3.8, 4) is 0 Å². The molecule has 0 saturated carbocycles. The Bertz CT molecular complexity index is 707. The second-order valence-electron chi connectivity index (χ2n) is 5.25. The lowest BCUT2D eigenvalue weighted by Gasteiger charge is -2.18. The number of aryl methyl sites for hydroxylation is 1. The van der Waals surface area contributed by atoms with E-state index in [1.165, 1.54) is 22.5 Å². The van der Waals surface area contributed by atoms with Gasteiger partial charge in [0.25, 0.3) is 10.0 Å². The molecule has 3 nitrogen and oxygen atoms in total. The van der Waals surface area contributed by atoms with Crippen molar-refractivity contribution in [1.82, 2.24) is 4.31 Å². The Morgan fingerprint density at radius 1 is 1.05 bits per heavy atom. The summed E-state index contributed by atoms with van der Waals surface area (Å²) in [6.07, 6.45) is 2.47. The summed E-state index contributed by atoms with van der Waals surface area (Å²) in [4.78, 5) is 1.12. The fourth-order valence-corrected chi connectivity index (χ4v) is 5.59. The molecule has 1 aliphatic heterocycles.